The molecule has 0 aromatic carbocycles. The lowest BCUT2D eigenvalue weighted by molar-refractivity contribution is 0.0930. The third-order valence-corrected chi connectivity index (χ3v) is 6.46. The first-order valence-corrected chi connectivity index (χ1v) is 12.7. The average molecular weight is 552 g/mol. The highest BCUT2D eigenvalue weighted by Gasteiger charge is 2.25. The largest absolute Gasteiger partial charge is 0.437 e. The van der Waals surface area contributed by atoms with Crippen molar-refractivity contribution in [3.8, 4) is 17.4 Å². The van der Waals surface area contributed by atoms with Crippen LogP contribution in [0.2, 0.25) is 5.02 Å². The third-order valence-electron chi connectivity index (χ3n) is 5.50. The van der Waals surface area contributed by atoms with E-state index in [1.165, 1.54) is 26.6 Å². The van der Waals surface area contributed by atoms with E-state index in [-0.39, 0.29) is 29.6 Å². The van der Waals surface area contributed by atoms with E-state index in [1.54, 1.807) is 50.7 Å². The Morgan fingerprint density at radius 1 is 1.16 bits per heavy atom. The van der Waals surface area contributed by atoms with Gasteiger partial charge in [-0.2, -0.15) is 5.10 Å². The maximum absolute atomic E-state index is 13.7. The van der Waals surface area contributed by atoms with Gasteiger partial charge < -0.3 is 20.1 Å². The number of thiophene rings is 1. The molecule has 0 fully saturated rings. The first kappa shape index (κ1) is 25.4. The van der Waals surface area contributed by atoms with Crippen LogP contribution in [-0.4, -0.2) is 56.5 Å². The minimum Gasteiger partial charge on any atom is -0.437 e. The lowest BCUT2D eigenvalue weighted by Crippen LogP contribution is -2.31. The van der Waals surface area contributed by atoms with Crippen molar-refractivity contribution in [3.05, 3.63) is 81.5 Å². The van der Waals surface area contributed by atoms with E-state index >= 15 is 0 Å². The molecule has 0 spiro atoms. The molecule has 5 aromatic rings. The molecule has 0 aliphatic rings. The Hall–Kier alpha value is -4.26. The van der Waals surface area contributed by atoms with Crippen molar-refractivity contribution in [1.29, 1.82) is 0 Å². The number of nitrogens with zero attached hydrogens (tertiary/aromatic N) is 5. The van der Waals surface area contributed by atoms with Crippen molar-refractivity contribution in [2.24, 2.45) is 0 Å². The van der Waals surface area contributed by atoms with Gasteiger partial charge >= 0.3 is 0 Å². The van der Waals surface area contributed by atoms with E-state index in [9.17, 15) is 9.59 Å². The van der Waals surface area contributed by atoms with Crippen LogP contribution in [0.25, 0.3) is 11.3 Å². The highest BCUT2D eigenvalue weighted by atomic mass is 35.5. The molecule has 5 heterocycles. The number of fused-ring (bicyclic) bond motifs is 1. The molecular weight excluding hydrogens is 530 g/mol. The Balaban J connectivity index is 1.56. The molecule has 13 heteroatoms. The smallest absolute Gasteiger partial charge is 0.274 e. The maximum atomic E-state index is 13.7. The summed E-state index contributed by atoms with van der Waals surface area (Å²) in [7, 11) is 1.55. The summed E-state index contributed by atoms with van der Waals surface area (Å²) in [5.41, 5.74) is 1.93. The van der Waals surface area contributed by atoms with E-state index in [0.29, 0.717) is 34.1 Å². The number of ether oxygens (including phenoxy) is 2. The minimum atomic E-state index is -0.556. The summed E-state index contributed by atoms with van der Waals surface area (Å²) in [6.45, 7) is 2.42. The first-order valence-electron chi connectivity index (χ1n) is 11.4. The highest BCUT2D eigenvalue weighted by Crippen LogP contribution is 2.29. The summed E-state index contributed by atoms with van der Waals surface area (Å²) in [6.07, 6.45) is 3.13. The van der Waals surface area contributed by atoms with Gasteiger partial charge in [-0.1, -0.05) is 11.6 Å². The van der Waals surface area contributed by atoms with Crippen LogP contribution in [0.5, 0.6) is 11.6 Å². The van der Waals surface area contributed by atoms with Gasteiger partial charge in [0.15, 0.2) is 11.5 Å². The second-order valence-electron chi connectivity index (χ2n) is 8.07. The molecule has 0 aliphatic heterocycles. The van der Waals surface area contributed by atoms with Crippen LogP contribution in [0.15, 0.2) is 59.6 Å². The Labute approximate surface area is 226 Å². The molecule has 5 rings (SSSR count). The number of halogens is 1. The maximum Gasteiger partial charge on any atom is 0.274 e. The van der Waals surface area contributed by atoms with Crippen LogP contribution in [0.4, 0.5) is 5.69 Å². The van der Waals surface area contributed by atoms with E-state index in [0.717, 1.165) is 0 Å². The van der Waals surface area contributed by atoms with Gasteiger partial charge in [-0.25, -0.2) is 14.2 Å². The quantitative estimate of drug-likeness (QED) is 0.261. The molecule has 2 amide bonds. The normalized spacial score (nSPS) is 11.0. The molecule has 0 saturated heterocycles. The summed E-state index contributed by atoms with van der Waals surface area (Å²) in [5, 5.41) is 18.3. The monoisotopic (exact) mass is 551 g/mol. The minimum absolute atomic E-state index is 0.0986. The Kier molecular flexibility index (Phi) is 7.36. The van der Waals surface area contributed by atoms with Crippen molar-refractivity contribution < 1.29 is 19.1 Å². The van der Waals surface area contributed by atoms with E-state index < -0.39 is 11.8 Å². The van der Waals surface area contributed by atoms with Crippen molar-refractivity contribution >= 4 is 46.0 Å². The van der Waals surface area contributed by atoms with E-state index in [1.807, 2.05) is 16.8 Å². The zero-order chi connectivity index (χ0) is 26.6. The number of carbonyl (C=O) groups is 2. The Morgan fingerprint density at radius 2 is 2.03 bits per heavy atom. The number of hydrogen-bond donors (Lipinski definition) is 2. The van der Waals surface area contributed by atoms with Gasteiger partial charge in [0, 0.05) is 31.3 Å². The number of amides is 2. The summed E-state index contributed by atoms with van der Waals surface area (Å²) in [6, 6.07) is 10.2. The fourth-order valence-corrected chi connectivity index (χ4v) is 4.54. The Morgan fingerprint density at radius 3 is 2.79 bits per heavy atom. The van der Waals surface area contributed by atoms with Crippen LogP contribution in [0, 0.1) is 6.92 Å². The van der Waals surface area contributed by atoms with Gasteiger partial charge in [0.1, 0.15) is 11.4 Å². The number of anilines is 1. The van der Waals surface area contributed by atoms with Crippen molar-refractivity contribution in [2.75, 3.05) is 25.6 Å². The summed E-state index contributed by atoms with van der Waals surface area (Å²) in [4.78, 5) is 31.2. The van der Waals surface area contributed by atoms with Crippen molar-refractivity contribution in [3.63, 3.8) is 0 Å². The van der Waals surface area contributed by atoms with E-state index in [4.69, 9.17) is 21.1 Å². The van der Waals surface area contributed by atoms with Crippen molar-refractivity contribution in [1.82, 2.24) is 29.7 Å². The van der Waals surface area contributed by atoms with Crippen LogP contribution in [-0.2, 0) is 4.74 Å². The molecule has 0 saturated carbocycles. The lowest BCUT2D eigenvalue weighted by atomic mass is 10.1. The fraction of sp³-hybridized carbons (Fsp3) is 0.160. The average Bonchev–Trinajstić information content (AvgIpc) is 3.66. The zero-order valence-electron chi connectivity index (χ0n) is 20.3. The molecule has 0 bridgehead atoms. The standard InChI is InChI=1S/C25H22ClN7O4S/c1-15-12-16-5-8-29-32(16)22(25(35)28-9-10-36-2)21(15)30-24(34)19-13-20(37-17-6-11-38-14-17)31-33(19)23-18(26)4-3-7-27-23/h3-8,11-14H,9-10H2,1-2H3,(H,28,35)(H,30,34). The molecule has 194 valence electrons. The lowest BCUT2D eigenvalue weighted by Gasteiger charge is -2.16. The van der Waals surface area contributed by atoms with Gasteiger partial charge in [0.2, 0.25) is 5.88 Å². The van der Waals surface area contributed by atoms with Gasteiger partial charge in [-0.15, -0.1) is 16.4 Å². The molecule has 0 radical (unpaired) electrons. The van der Waals surface area contributed by atoms with Gasteiger partial charge in [0.25, 0.3) is 11.8 Å². The van der Waals surface area contributed by atoms with Crippen LogP contribution in [0.3, 0.4) is 0 Å². The topological polar surface area (TPSA) is 125 Å². The second-order valence-corrected chi connectivity index (χ2v) is 9.26. The van der Waals surface area contributed by atoms with Crippen LogP contribution < -0.4 is 15.4 Å². The van der Waals surface area contributed by atoms with Crippen LogP contribution in [0.1, 0.15) is 26.5 Å². The van der Waals surface area contributed by atoms with Gasteiger partial charge in [-0.05, 0) is 48.2 Å². The van der Waals surface area contributed by atoms with Gasteiger partial charge in [0.05, 0.1) is 29.0 Å². The third kappa shape index (κ3) is 5.09. The number of pyridine rings is 2. The van der Waals surface area contributed by atoms with Crippen molar-refractivity contribution in [2.45, 2.75) is 6.92 Å². The fourth-order valence-electron chi connectivity index (χ4n) is 3.79. The summed E-state index contributed by atoms with van der Waals surface area (Å²) < 4.78 is 13.6. The Bertz CT molecular complexity index is 1610. The number of rotatable bonds is 9. The predicted molar refractivity (Wildman–Crippen MR) is 143 cm³/mol. The molecule has 5 aromatic heterocycles. The number of methoxy groups -OCH3 is 1. The van der Waals surface area contributed by atoms with Crippen LogP contribution >= 0.6 is 22.9 Å². The van der Waals surface area contributed by atoms with E-state index in [2.05, 4.69) is 25.8 Å². The molecule has 0 atom stereocenters. The number of aryl methyl sites for hydroxylation is 1. The number of carbonyl (C=O) groups excluding carboxylic acids is 2. The SMILES string of the molecule is COCCNC(=O)c1c(NC(=O)c2cc(Oc3ccsc3)nn2-c2ncccc2Cl)c(C)cc2ccnn12. The number of aromatic nitrogens is 5. The molecule has 2 N–H and O–H groups in total. The number of hydrogen-bond acceptors (Lipinski definition) is 8. The number of nitrogens with one attached hydrogen (secondary N) is 2. The predicted octanol–water partition coefficient (Wildman–Crippen LogP) is 4.36. The molecular formula is C25H22ClN7O4S. The summed E-state index contributed by atoms with van der Waals surface area (Å²) in [5.74, 6) is 0.0227. The first-order chi connectivity index (χ1) is 18.5. The molecule has 11 nitrogen and oxygen atoms in total. The summed E-state index contributed by atoms with van der Waals surface area (Å²) >= 11 is 7.85. The second kappa shape index (κ2) is 11.0. The zero-order valence-corrected chi connectivity index (χ0v) is 21.9. The molecule has 0 aliphatic carbocycles. The molecule has 0 unspecified atom stereocenters. The molecule has 38 heavy (non-hydrogen) atoms. The highest BCUT2D eigenvalue weighted by molar-refractivity contribution is 7.08. The van der Waals surface area contributed by atoms with Gasteiger partial charge in [-0.3, -0.25) is 9.59 Å².